The molecule has 1 saturated heterocycles. The summed E-state index contributed by atoms with van der Waals surface area (Å²) >= 11 is 0. The highest BCUT2D eigenvalue weighted by Crippen LogP contribution is 2.09. The fourth-order valence-electron chi connectivity index (χ4n) is 1.96. The lowest BCUT2D eigenvalue weighted by atomic mass is 10.1. The Labute approximate surface area is 102 Å². The lowest BCUT2D eigenvalue weighted by molar-refractivity contribution is -0.162. The molecule has 0 aromatic rings. The van der Waals surface area contributed by atoms with E-state index in [-0.39, 0.29) is 12.6 Å². The first-order chi connectivity index (χ1) is 7.95. The van der Waals surface area contributed by atoms with Crippen molar-refractivity contribution in [3.63, 3.8) is 0 Å². The maximum absolute atomic E-state index is 11.3. The van der Waals surface area contributed by atoms with Crippen molar-refractivity contribution in [2.75, 3.05) is 46.9 Å². The first kappa shape index (κ1) is 14.4. The Morgan fingerprint density at radius 1 is 1.71 bits per heavy atom. The van der Waals surface area contributed by atoms with Gasteiger partial charge in [0.2, 0.25) is 0 Å². The van der Waals surface area contributed by atoms with E-state index in [0.717, 1.165) is 13.1 Å². The van der Waals surface area contributed by atoms with Gasteiger partial charge in [-0.15, -0.1) is 0 Å². The zero-order valence-corrected chi connectivity index (χ0v) is 10.7. The number of hydrogen-bond donors (Lipinski definition) is 2. The van der Waals surface area contributed by atoms with E-state index < -0.39 is 11.6 Å². The molecular weight excluding hydrogens is 224 g/mol. The number of carbonyl (C=O) groups excluding carboxylic acids is 1. The van der Waals surface area contributed by atoms with E-state index in [1.807, 2.05) is 11.9 Å². The van der Waals surface area contributed by atoms with Crippen molar-refractivity contribution in [2.45, 2.75) is 18.6 Å². The topological polar surface area (TPSA) is 71.0 Å². The van der Waals surface area contributed by atoms with Crippen LogP contribution in [0.2, 0.25) is 0 Å². The molecular formula is C11H22N2O4. The normalized spacial score (nSPS) is 24.4. The fraction of sp³-hybridized carbons (Fsp3) is 0.909. The molecule has 0 aliphatic carbocycles. The second kappa shape index (κ2) is 6.30. The Morgan fingerprint density at radius 2 is 2.41 bits per heavy atom. The van der Waals surface area contributed by atoms with Gasteiger partial charge < -0.3 is 24.8 Å². The number of ether oxygens (including phenoxy) is 2. The van der Waals surface area contributed by atoms with Crippen molar-refractivity contribution in [2.24, 2.45) is 0 Å². The maximum Gasteiger partial charge on any atom is 0.338 e. The number of carbonyl (C=O) groups is 1. The molecule has 1 aliphatic heterocycles. The van der Waals surface area contributed by atoms with Gasteiger partial charge in [0, 0.05) is 26.2 Å². The summed E-state index contributed by atoms with van der Waals surface area (Å²) in [5.41, 5.74) is -1.48. The number of rotatable bonds is 5. The Kier molecular flexibility index (Phi) is 5.32. The van der Waals surface area contributed by atoms with Crippen LogP contribution in [0.5, 0.6) is 0 Å². The van der Waals surface area contributed by atoms with Crippen LogP contribution in [-0.4, -0.2) is 74.6 Å². The second-order valence-corrected chi connectivity index (χ2v) is 4.66. The number of esters is 1. The fourth-order valence-corrected chi connectivity index (χ4v) is 1.96. The Morgan fingerprint density at radius 3 is 2.94 bits per heavy atom. The SMILES string of the molecule is COC(=O)C(C)(O)CN(C)CC1CNCCO1. The van der Waals surface area contributed by atoms with Crippen LogP contribution in [0.3, 0.4) is 0 Å². The van der Waals surface area contributed by atoms with Gasteiger partial charge in [0.25, 0.3) is 0 Å². The number of aliphatic hydroxyl groups is 1. The van der Waals surface area contributed by atoms with Gasteiger partial charge in [0.15, 0.2) is 5.60 Å². The Hall–Kier alpha value is -0.690. The molecule has 17 heavy (non-hydrogen) atoms. The first-order valence-corrected chi connectivity index (χ1v) is 5.77. The van der Waals surface area contributed by atoms with E-state index in [2.05, 4.69) is 10.1 Å². The molecule has 0 aromatic carbocycles. The predicted molar refractivity (Wildman–Crippen MR) is 62.7 cm³/mol. The molecule has 1 fully saturated rings. The van der Waals surface area contributed by atoms with Gasteiger partial charge in [0.1, 0.15) is 0 Å². The van der Waals surface area contributed by atoms with Crippen LogP contribution in [0.15, 0.2) is 0 Å². The minimum absolute atomic E-state index is 0.0993. The van der Waals surface area contributed by atoms with Crippen LogP contribution in [0, 0.1) is 0 Å². The van der Waals surface area contributed by atoms with Crippen molar-refractivity contribution in [1.82, 2.24) is 10.2 Å². The first-order valence-electron chi connectivity index (χ1n) is 5.77. The largest absolute Gasteiger partial charge is 0.467 e. The Bertz CT molecular complexity index is 252. The zero-order chi connectivity index (χ0) is 12.9. The molecule has 1 rings (SSSR count). The maximum atomic E-state index is 11.3. The summed E-state index contributed by atoms with van der Waals surface area (Å²) in [7, 11) is 3.11. The molecule has 0 radical (unpaired) electrons. The van der Waals surface area contributed by atoms with Crippen LogP contribution in [0.4, 0.5) is 0 Å². The highest BCUT2D eigenvalue weighted by atomic mass is 16.5. The van der Waals surface area contributed by atoms with Crippen molar-refractivity contribution >= 4 is 5.97 Å². The van der Waals surface area contributed by atoms with E-state index in [4.69, 9.17) is 4.74 Å². The van der Waals surface area contributed by atoms with E-state index >= 15 is 0 Å². The van der Waals surface area contributed by atoms with Crippen LogP contribution >= 0.6 is 0 Å². The summed E-state index contributed by atoms with van der Waals surface area (Å²) in [6, 6.07) is 0. The summed E-state index contributed by atoms with van der Waals surface area (Å²) < 4.78 is 10.1. The molecule has 2 N–H and O–H groups in total. The predicted octanol–water partition coefficient (Wildman–Crippen LogP) is -1.17. The quantitative estimate of drug-likeness (QED) is 0.596. The second-order valence-electron chi connectivity index (χ2n) is 4.66. The number of methoxy groups -OCH3 is 1. The highest BCUT2D eigenvalue weighted by molar-refractivity contribution is 5.78. The third-order valence-corrected chi connectivity index (χ3v) is 2.72. The molecule has 0 bridgehead atoms. The summed E-state index contributed by atoms with van der Waals surface area (Å²) in [6.07, 6.45) is 0.0993. The lowest BCUT2D eigenvalue weighted by Crippen LogP contribution is -2.50. The van der Waals surface area contributed by atoms with Gasteiger partial charge in [-0.1, -0.05) is 0 Å². The molecule has 0 aromatic heterocycles. The van der Waals surface area contributed by atoms with E-state index in [1.165, 1.54) is 14.0 Å². The lowest BCUT2D eigenvalue weighted by Gasteiger charge is -2.31. The van der Waals surface area contributed by atoms with Crippen molar-refractivity contribution in [3.8, 4) is 0 Å². The molecule has 0 amide bonds. The molecule has 1 aliphatic rings. The number of likely N-dealkylation sites (N-methyl/N-ethyl adjacent to an activating group) is 1. The van der Waals surface area contributed by atoms with E-state index in [1.54, 1.807) is 0 Å². The van der Waals surface area contributed by atoms with Crippen molar-refractivity contribution in [3.05, 3.63) is 0 Å². The molecule has 0 spiro atoms. The standard InChI is InChI=1S/C11H22N2O4/c1-11(15,10(14)16-3)8-13(2)7-9-6-12-4-5-17-9/h9,12,15H,4-8H2,1-3H3. The molecule has 1 heterocycles. The van der Waals surface area contributed by atoms with Crippen LogP contribution < -0.4 is 5.32 Å². The van der Waals surface area contributed by atoms with Gasteiger partial charge in [0.05, 0.1) is 19.8 Å². The van der Waals surface area contributed by atoms with Crippen LogP contribution in [0.25, 0.3) is 0 Å². The smallest absolute Gasteiger partial charge is 0.338 e. The summed E-state index contributed by atoms with van der Waals surface area (Å²) in [5, 5.41) is 13.1. The molecule has 100 valence electrons. The third kappa shape index (κ3) is 4.59. The van der Waals surface area contributed by atoms with Gasteiger partial charge >= 0.3 is 5.97 Å². The minimum atomic E-state index is -1.48. The summed E-state index contributed by atoms with van der Waals surface area (Å²) in [4.78, 5) is 13.2. The van der Waals surface area contributed by atoms with Crippen LogP contribution in [0.1, 0.15) is 6.92 Å². The highest BCUT2D eigenvalue weighted by Gasteiger charge is 2.33. The van der Waals surface area contributed by atoms with E-state index in [9.17, 15) is 9.90 Å². The molecule has 6 nitrogen and oxygen atoms in total. The third-order valence-electron chi connectivity index (χ3n) is 2.72. The molecule has 6 heteroatoms. The minimum Gasteiger partial charge on any atom is -0.467 e. The number of nitrogens with zero attached hydrogens (tertiary/aromatic N) is 1. The Balaban J connectivity index is 2.37. The van der Waals surface area contributed by atoms with Gasteiger partial charge in [-0.2, -0.15) is 0 Å². The van der Waals surface area contributed by atoms with Crippen LogP contribution in [-0.2, 0) is 14.3 Å². The van der Waals surface area contributed by atoms with Gasteiger partial charge in [-0.3, -0.25) is 0 Å². The monoisotopic (exact) mass is 246 g/mol. The van der Waals surface area contributed by atoms with Crippen molar-refractivity contribution < 1.29 is 19.4 Å². The molecule has 2 atom stereocenters. The zero-order valence-electron chi connectivity index (χ0n) is 10.7. The molecule has 0 saturated carbocycles. The van der Waals surface area contributed by atoms with Gasteiger partial charge in [-0.05, 0) is 14.0 Å². The average Bonchev–Trinajstić information content (AvgIpc) is 2.28. The van der Waals surface area contributed by atoms with Crippen molar-refractivity contribution in [1.29, 1.82) is 0 Å². The summed E-state index contributed by atoms with van der Waals surface area (Å²) in [6.45, 7) is 4.71. The molecule has 2 unspecified atom stereocenters. The number of hydrogen-bond acceptors (Lipinski definition) is 6. The number of morpholine rings is 1. The van der Waals surface area contributed by atoms with E-state index in [0.29, 0.717) is 13.2 Å². The number of nitrogens with one attached hydrogen (secondary N) is 1. The average molecular weight is 246 g/mol. The van der Waals surface area contributed by atoms with Gasteiger partial charge in [-0.25, -0.2) is 4.79 Å². The summed E-state index contributed by atoms with van der Waals surface area (Å²) in [5.74, 6) is -0.618.